The Morgan fingerprint density at radius 1 is 1.56 bits per heavy atom. The fraction of sp³-hybridized carbons (Fsp3) is 0.917. The summed E-state index contributed by atoms with van der Waals surface area (Å²) in [7, 11) is 0. The molecule has 3 atom stereocenters. The van der Waals surface area contributed by atoms with Crippen molar-refractivity contribution in [3.05, 3.63) is 5.82 Å². The number of rotatable bonds is 6. The maximum atomic E-state index is 5.58. The van der Waals surface area contributed by atoms with Crippen LogP contribution in [-0.2, 0) is 11.3 Å². The zero-order chi connectivity index (χ0) is 13.0. The van der Waals surface area contributed by atoms with E-state index in [0.717, 1.165) is 38.4 Å². The maximum Gasteiger partial charge on any atom is 0.167 e. The van der Waals surface area contributed by atoms with Gasteiger partial charge in [-0.15, -0.1) is 5.10 Å². The molecule has 2 heterocycles. The Morgan fingerprint density at radius 2 is 2.39 bits per heavy atom. The van der Waals surface area contributed by atoms with E-state index in [1.165, 1.54) is 0 Å². The van der Waals surface area contributed by atoms with Gasteiger partial charge in [0, 0.05) is 12.5 Å². The van der Waals surface area contributed by atoms with E-state index < -0.39 is 0 Å². The summed E-state index contributed by atoms with van der Waals surface area (Å²) in [6, 6.07) is 0.192. The molecule has 0 aromatic carbocycles. The third kappa shape index (κ3) is 3.05. The summed E-state index contributed by atoms with van der Waals surface area (Å²) in [4.78, 5) is 0. The Hall–Kier alpha value is -1.01. The zero-order valence-electron chi connectivity index (χ0n) is 11.5. The monoisotopic (exact) mass is 253 g/mol. The Bertz CT molecular complexity index is 367. The molecule has 1 aromatic heterocycles. The first-order valence-corrected chi connectivity index (χ1v) is 6.83. The second-order valence-electron chi connectivity index (χ2n) is 5.02. The van der Waals surface area contributed by atoms with E-state index in [-0.39, 0.29) is 6.04 Å². The highest BCUT2D eigenvalue weighted by molar-refractivity contribution is 4.90. The molecule has 1 aliphatic heterocycles. The van der Waals surface area contributed by atoms with Gasteiger partial charge in [-0.25, -0.2) is 4.68 Å². The molecule has 0 spiro atoms. The third-order valence-corrected chi connectivity index (χ3v) is 3.59. The lowest BCUT2D eigenvalue weighted by molar-refractivity contribution is 0.100. The molecular weight excluding hydrogens is 230 g/mol. The molecule has 0 saturated carbocycles. The fourth-order valence-electron chi connectivity index (χ4n) is 2.34. The van der Waals surface area contributed by atoms with E-state index in [4.69, 9.17) is 4.74 Å². The maximum absolute atomic E-state index is 5.58. The van der Waals surface area contributed by atoms with E-state index >= 15 is 0 Å². The first-order valence-electron chi connectivity index (χ1n) is 6.83. The lowest BCUT2D eigenvalue weighted by atomic mass is 10.0. The quantitative estimate of drug-likeness (QED) is 0.824. The minimum absolute atomic E-state index is 0.192. The van der Waals surface area contributed by atoms with Crippen molar-refractivity contribution in [3.63, 3.8) is 0 Å². The van der Waals surface area contributed by atoms with Crippen LogP contribution in [0.25, 0.3) is 0 Å². The first kappa shape index (κ1) is 13.4. The van der Waals surface area contributed by atoms with E-state index in [2.05, 4.69) is 41.6 Å². The van der Waals surface area contributed by atoms with Gasteiger partial charge in [0.2, 0.25) is 0 Å². The van der Waals surface area contributed by atoms with Crippen molar-refractivity contribution in [2.24, 2.45) is 5.92 Å². The SMILES string of the molecule is CCCNC(C)c1nnnn1CC1CCOC1C. The van der Waals surface area contributed by atoms with Crippen LogP contribution in [0.2, 0.25) is 0 Å². The zero-order valence-corrected chi connectivity index (χ0v) is 11.5. The van der Waals surface area contributed by atoms with Crippen LogP contribution in [0.1, 0.15) is 45.5 Å². The molecule has 0 bridgehead atoms. The van der Waals surface area contributed by atoms with Gasteiger partial charge in [-0.2, -0.15) is 0 Å². The largest absolute Gasteiger partial charge is 0.378 e. The molecule has 1 N–H and O–H groups in total. The standard InChI is InChI=1S/C12H23N5O/c1-4-6-13-9(2)12-14-15-16-17(12)8-11-5-7-18-10(11)3/h9-11,13H,4-8H2,1-3H3. The number of nitrogens with one attached hydrogen (secondary N) is 1. The smallest absolute Gasteiger partial charge is 0.167 e. The van der Waals surface area contributed by atoms with Crippen LogP contribution >= 0.6 is 0 Å². The lowest BCUT2D eigenvalue weighted by Crippen LogP contribution is -2.26. The topological polar surface area (TPSA) is 64.9 Å². The Labute approximate surface area is 108 Å². The molecule has 1 saturated heterocycles. The average molecular weight is 253 g/mol. The lowest BCUT2D eigenvalue weighted by Gasteiger charge is -2.17. The molecule has 0 amide bonds. The highest BCUT2D eigenvalue weighted by Crippen LogP contribution is 2.22. The van der Waals surface area contributed by atoms with E-state index in [0.29, 0.717) is 12.0 Å². The molecule has 0 radical (unpaired) electrons. The summed E-state index contributed by atoms with van der Waals surface area (Å²) < 4.78 is 7.50. The van der Waals surface area contributed by atoms with Gasteiger partial charge in [-0.1, -0.05) is 6.92 Å². The van der Waals surface area contributed by atoms with E-state index in [1.54, 1.807) is 0 Å². The molecular formula is C12H23N5O. The predicted octanol–water partition coefficient (Wildman–Crippen LogP) is 1.16. The van der Waals surface area contributed by atoms with Gasteiger partial charge in [0.05, 0.1) is 18.7 Å². The van der Waals surface area contributed by atoms with Crippen LogP contribution in [0.5, 0.6) is 0 Å². The van der Waals surface area contributed by atoms with Crippen LogP contribution in [0.15, 0.2) is 0 Å². The summed E-state index contributed by atoms with van der Waals surface area (Å²) in [5.74, 6) is 1.44. The minimum atomic E-state index is 0.192. The summed E-state index contributed by atoms with van der Waals surface area (Å²) in [6.07, 6.45) is 2.51. The van der Waals surface area contributed by atoms with Crippen molar-refractivity contribution in [2.45, 2.75) is 52.3 Å². The second-order valence-corrected chi connectivity index (χ2v) is 5.02. The number of aromatic nitrogens is 4. The summed E-state index contributed by atoms with van der Waals surface area (Å²) in [5, 5.41) is 15.5. The van der Waals surface area contributed by atoms with Gasteiger partial charge in [-0.05, 0) is 43.7 Å². The van der Waals surface area contributed by atoms with Gasteiger partial charge >= 0.3 is 0 Å². The van der Waals surface area contributed by atoms with Crippen molar-refractivity contribution < 1.29 is 4.74 Å². The highest BCUT2D eigenvalue weighted by Gasteiger charge is 2.26. The minimum Gasteiger partial charge on any atom is -0.378 e. The molecule has 1 fully saturated rings. The van der Waals surface area contributed by atoms with Crippen LogP contribution in [0, 0.1) is 5.92 Å². The van der Waals surface area contributed by atoms with Crippen molar-refractivity contribution in [1.29, 1.82) is 0 Å². The summed E-state index contributed by atoms with van der Waals surface area (Å²) in [6.45, 7) is 9.07. The number of nitrogens with zero attached hydrogens (tertiary/aromatic N) is 4. The van der Waals surface area contributed by atoms with E-state index in [1.807, 2.05) is 4.68 Å². The number of hydrogen-bond donors (Lipinski definition) is 1. The van der Waals surface area contributed by atoms with Gasteiger partial charge in [0.25, 0.3) is 0 Å². The molecule has 3 unspecified atom stereocenters. The van der Waals surface area contributed by atoms with Crippen LogP contribution in [-0.4, -0.2) is 39.5 Å². The van der Waals surface area contributed by atoms with Gasteiger partial charge in [0.1, 0.15) is 0 Å². The molecule has 18 heavy (non-hydrogen) atoms. The van der Waals surface area contributed by atoms with E-state index in [9.17, 15) is 0 Å². The van der Waals surface area contributed by atoms with Gasteiger partial charge < -0.3 is 10.1 Å². The molecule has 2 rings (SSSR count). The highest BCUT2D eigenvalue weighted by atomic mass is 16.5. The Morgan fingerprint density at radius 3 is 3.06 bits per heavy atom. The van der Waals surface area contributed by atoms with Crippen LogP contribution < -0.4 is 5.32 Å². The number of hydrogen-bond acceptors (Lipinski definition) is 5. The van der Waals surface area contributed by atoms with Crippen LogP contribution in [0.3, 0.4) is 0 Å². The summed E-state index contributed by atoms with van der Waals surface area (Å²) >= 11 is 0. The molecule has 1 aliphatic rings. The van der Waals surface area contributed by atoms with Crippen molar-refractivity contribution in [1.82, 2.24) is 25.5 Å². The Balaban J connectivity index is 1.98. The average Bonchev–Trinajstić information content (AvgIpc) is 2.97. The molecule has 6 heteroatoms. The normalized spacial score (nSPS) is 25.5. The first-order chi connectivity index (χ1) is 8.72. The second kappa shape index (κ2) is 6.24. The fourth-order valence-corrected chi connectivity index (χ4v) is 2.34. The molecule has 1 aromatic rings. The Kier molecular flexibility index (Phi) is 4.66. The van der Waals surface area contributed by atoms with Crippen LogP contribution in [0.4, 0.5) is 0 Å². The number of tetrazole rings is 1. The predicted molar refractivity (Wildman–Crippen MR) is 68.0 cm³/mol. The van der Waals surface area contributed by atoms with Gasteiger partial charge in [-0.3, -0.25) is 0 Å². The summed E-state index contributed by atoms with van der Waals surface area (Å²) in [5.41, 5.74) is 0. The molecule has 102 valence electrons. The van der Waals surface area contributed by atoms with Crippen molar-refractivity contribution in [3.8, 4) is 0 Å². The third-order valence-electron chi connectivity index (χ3n) is 3.59. The van der Waals surface area contributed by atoms with Crippen molar-refractivity contribution in [2.75, 3.05) is 13.2 Å². The molecule has 0 aliphatic carbocycles. The van der Waals surface area contributed by atoms with Gasteiger partial charge in [0.15, 0.2) is 5.82 Å². The number of ether oxygens (including phenoxy) is 1. The van der Waals surface area contributed by atoms with Crippen molar-refractivity contribution >= 4 is 0 Å². The molecule has 6 nitrogen and oxygen atoms in total.